The highest BCUT2D eigenvalue weighted by atomic mass is 32.2. The van der Waals surface area contributed by atoms with E-state index in [2.05, 4.69) is 34.7 Å². The first kappa shape index (κ1) is 19.7. The second kappa shape index (κ2) is 9.79. The quantitative estimate of drug-likeness (QED) is 0.666. The standard InChI is InChI=1S/C16H20N4O2S3/c1-10(2)8-23-15-19-20-16(25-15)24-9-13(21)18-12-6-4-11(5-7-12)14(22)17-3/h4-7,10H,8-9H2,1-3H3,(H,17,22)(H,18,21). The fourth-order valence-corrected chi connectivity index (χ4v) is 4.52. The van der Waals surface area contributed by atoms with Crippen molar-refractivity contribution in [1.29, 1.82) is 0 Å². The first-order valence-corrected chi connectivity index (χ1v) is 10.5. The summed E-state index contributed by atoms with van der Waals surface area (Å²) in [6.07, 6.45) is 0. The van der Waals surface area contributed by atoms with E-state index in [1.165, 1.54) is 23.1 Å². The fraction of sp³-hybridized carbons (Fsp3) is 0.375. The van der Waals surface area contributed by atoms with Crippen LogP contribution < -0.4 is 10.6 Å². The SMILES string of the molecule is CNC(=O)c1ccc(NC(=O)CSc2nnc(SCC(C)C)s2)cc1. The molecule has 0 aliphatic carbocycles. The summed E-state index contributed by atoms with van der Waals surface area (Å²) in [5.41, 5.74) is 1.21. The maximum absolute atomic E-state index is 12.0. The molecule has 0 spiro atoms. The Hall–Kier alpha value is -1.58. The number of anilines is 1. The van der Waals surface area contributed by atoms with Crippen LogP contribution in [-0.2, 0) is 4.79 Å². The summed E-state index contributed by atoms with van der Waals surface area (Å²) in [6.45, 7) is 4.32. The van der Waals surface area contributed by atoms with E-state index in [1.807, 2.05) is 0 Å². The van der Waals surface area contributed by atoms with E-state index in [1.54, 1.807) is 43.1 Å². The van der Waals surface area contributed by atoms with Gasteiger partial charge in [0, 0.05) is 24.1 Å². The lowest BCUT2D eigenvalue weighted by atomic mass is 10.2. The summed E-state index contributed by atoms with van der Waals surface area (Å²) < 4.78 is 1.72. The Labute approximate surface area is 159 Å². The van der Waals surface area contributed by atoms with Crippen molar-refractivity contribution in [3.05, 3.63) is 29.8 Å². The third kappa shape index (κ3) is 6.68. The highest BCUT2D eigenvalue weighted by Crippen LogP contribution is 2.29. The molecule has 0 radical (unpaired) electrons. The van der Waals surface area contributed by atoms with Gasteiger partial charge in [0.2, 0.25) is 5.91 Å². The van der Waals surface area contributed by atoms with Crippen molar-refractivity contribution in [3.8, 4) is 0 Å². The van der Waals surface area contributed by atoms with Gasteiger partial charge in [-0.3, -0.25) is 9.59 Å². The minimum Gasteiger partial charge on any atom is -0.355 e. The zero-order valence-corrected chi connectivity index (χ0v) is 16.7. The lowest BCUT2D eigenvalue weighted by molar-refractivity contribution is -0.113. The molecule has 1 aromatic heterocycles. The maximum Gasteiger partial charge on any atom is 0.251 e. The molecular weight excluding hydrogens is 376 g/mol. The van der Waals surface area contributed by atoms with Gasteiger partial charge in [0.15, 0.2) is 8.68 Å². The average Bonchev–Trinajstić information content (AvgIpc) is 3.06. The fourth-order valence-electron chi connectivity index (χ4n) is 1.73. The van der Waals surface area contributed by atoms with E-state index < -0.39 is 0 Å². The minimum absolute atomic E-state index is 0.121. The van der Waals surface area contributed by atoms with Crippen LogP contribution in [0.1, 0.15) is 24.2 Å². The molecule has 134 valence electrons. The third-order valence-corrected chi connectivity index (χ3v) is 6.53. The molecule has 0 aliphatic rings. The molecule has 2 amide bonds. The zero-order chi connectivity index (χ0) is 18.2. The van der Waals surface area contributed by atoms with Crippen molar-refractivity contribution < 1.29 is 9.59 Å². The monoisotopic (exact) mass is 396 g/mol. The molecule has 0 saturated carbocycles. The average molecular weight is 397 g/mol. The minimum atomic E-state index is -0.157. The zero-order valence-electron chi connectivity index (χ0n) is 14.2. The van der Waals surface area contributed by atoms with Crippen molar-refractivity contribution in [2.45, 2.75) is 22.5 Å². The van der Waals surface area contributed by atoms with Crippen molar-refractivity contribution in [2.75, 3.05) is 23.9 Å². The smallest absolute Gasteiger partial charge is 0.251 e. The number of benzene rings is 1. The van der Waals surface area contributed by atoms with Crippen LogP contribution in [0.3, 0.4) is 0 Å². The molecule has 0 saturated heterocycles. The van der Waals surface area contributed by atoms with Crippen LogP contribution in [-0.4, -0.2) is 40.6 Å². The van der Waals surface area contributed by atoms with Crippen LogP contribution in [0.2, 0.25) is 0 Å². The van der Waals surface area contributed by atoms with Gasteiger partial charge < -0.3 is 10.6 Å². The molecule has 0 unspecified atom stereocenters. The number of aromatic nitrogens is 2. The summed E-state index contributed by atoms with van der Waals surface area (Å²) in [5, 5.41) is 13.6. The van der Waals surface area contributed by atoms with Gasteiger partial charge in [0.25, 0.3) is 5.91 Å². The molecule has 1 heterocycles. The summed E-state index contributed by atoms with van der Waals surface area (Å²) >= 11 is 4.57. The Balaban J connectivity index is 1.79. The van der Waals surface area contributed by atoms with Crippen LogP contribution in [0.4, 0.5) is 5.69 Å². The molecule has 1 aromatic carbocycles. The highest BCUT2D eigenvalue weighted by Gasteiger charge is 2.10. The number of carbonyl (C=O) groups excluding carboxylic acids is 2. The third-order valence-electron chi connectivity index (χ3n) is 2.91. The molecule has 2 aromatic rings. The lowest BCUT2D eigenvalue weighted by Crippen LogP contribution is -2.18. The largest absolute Gasteiger partial charge is 0.355 e. The van der Waals surface area contributed by atoms with Gasteiger partial charge in [-0.15, -0.1) is 10.2 Å². The Bertz CT molecular complexity index is 716. The number of amides is 2. The summed E-state index contributed by atoms with van der Waals surface area (Å²) in [5.74, 6) is 1.60. The second-order valence-electron chi connectivity index (χ2n) is 5.53. The van der Waals surface area contributed by atoms with E-state index in [4.69, 9.17) is 0 Å². The Kier molecular flexibility index (Phi) is 7.73. The number of hydrogen-bond donors (Lipinski definition) is 2. The van der Waals surface area contributed by atoms with Gasteiger partial charge in [0.1, 0.15) is 0 Å². The maximum atomic E-state index is 12.0. The predicted molar refractivity (Wildman–Crippen MR) is 105 cm³/mol. The normalized spacial score (nSPS) is 10.7. The molecular formula is C16H20N4O2S3. The highest BCUT2D eigenvalue weighted by molar-refractivity contribution is 8.03. The van der Waals surface area contributed by atoms with Gasteiger partial charge in [-0.2, -0.15) is 0 Å². The summed E-state index contributed by atoms with van der Waals surface area (Å²) in [4.78, 5) is 23.5. The van der Waals surface area contributed by atoms with E-state index >= 15 is 0 Å². The lowest BCUT2D eigenvalue weighted by Gasteiger charge is -2.05. The predicted octanol–water partition coefficient (Wildman–Crippen LogP) is 3.38. The van der Waals surface area contributed by atoms with Gasteiger partial charge in [0.05, 0.1) is 5.75 Å². The molecule has 6 nitrogen and oxygen atoms in total. The number of hydrogen-bond acceptors (Lipinski definition) is 7. The van der Waals surface area contributed by atoms with Crippen molar-refractivity contribution >= 4 is 52.4 Å². The molecule has 0 aliphatic heterocycles. The number of nitrogens with zero attached hydrogens (tertiary/aromatic N) is 2. The van der Waals surface area contributed by atoms with Crippen LogP contribution in [0, 0.1) is 5.92 Å². The van der Waals surface area contributed by atoms with E-state index in [0.717, 1.165) is 14.4 Å². The Morgan fingerprint density at radius 3 is 2.36 bits per heavy atom. The number of thioether (sulfide) groups is 2. The van der Waals surface area contributed by atoms with Gasteiger partial charge >= 0.3 is 0 Å². The van der Waals surface area contributed by atoms with Crippen LogP contribution in [0.5, 0.6) is 0 Å². The van der Waals surface area contributed by atoms with Crippen LogP contribution in [0.25, 0.3) is 0 Å². The number of rotatable bonds is 8. The first-order valence-electron chi connectivity index (χ1n) is 7.69. The molecule has 0 bridgehead atoms. The van der Waals surface area contributed by atoms with Gasteiger partial charge in [-0.05, 0) is 30.2 Å². The summed E-state index contributed by atoms with van der Waals surface area (Å²) in [6, 6.07) is 6.76. The molecule has 2 N–H and O–H groups in total. The number of carbonyl (C=O) groups is 2. The topological polar surface area (TPSA) is 84.0 Å². The van der Waals surface area contributed by atoms with Crippen LogP contribution in [0.15, 0.2) is 32.9 Å². The Morgan fingerprint density at radius 2 is 1.76 bits per heavy atom. The van der Waals surface area contributed by atoms with E-state index in [0.29, 0.717) is 17.2 Å². The van der Waals surface area contributed by atoms with E-state index in [9.17, 15) is 9.59 Å². The van der Waals surface area contributed by atoms with Crippen molar-refractivity contribution in [1.82, 2.24) is 15.5 Å². The van der Waals surface area contributed by atoms with Gasteiger partial charge in [-0.1, -0.05) is 48.7 Å². The first-order chi connectivity index (χ1) is 12.0. The van der Waals surface area contributed by atoms with Gasteiger partial charge in [-0.25, -0.2) is 0 Å². The molecule has 0 fully saturated rings. The molecule has 0 atom stereocenters. The molecule has 25 heavy (non-hydrogen) atoms. The van der Waals surface area contributed by atoms with E-state index in [-0.39, 0.29) is 17.6 Å². The number of nitrogens with one attached hydrogen (secondary N) is 2. The van der Waals surface area contributed by atoms with Crippen LogP contribution >= 0.6 is 34.9 Å². The summed E-state index contributed by atoms with van der Waals surface area (Å²) in [7, 11) is 1.58. The van der Waals surface area contributed by atoms with Crippen molar-refractivity contribution in [3.63, 3.8) is 0 Å². The Morgan fingerprint density at radius 1 is 1.12 bits per heavy atom. The second-order valence-corrected chi connectivity index (χ2v) is 9.00. The molecule has 9 heteroatoms. The molecule has 2 rings (SSSR count). The van der Waals surface area contributed by atoms with Crippen molar-refractivity contribution in [2.24, 2.45) is 5.92 Å².